The highest BCUT2D eigenvalue weighted by Crippen LogP contribution is 2.32. The first kappa shape index (κ1) is 18.3. The summed E-state index contributed by atoms with van der Waals surface area (Å²) in [6.07, 6.45) is 7.67. The molecule has 144 valence electrons. The van der Waals surface area contributed by atoms with E-state index in [1.165, 1.54) is 44.2 Å². The maximum absolute atomic E-state index is 13.3. The maximum Gasteiger partial charge on any atom is 0.225 e. The SMILES string of the molecule is O=C(CCC1CCCCC1)Nc1c2c(nn1-c1ccc(F)cc1)C[S@](=O)C2. The van der Waals surface area contributed by atoms with Gasteiger partial charge in [0.05, 0.1) is 22.9 Å². The third-order valence-corrected chi connectivity index (χ3v) is 6.71. The molecule has 1 fully saturated rings. The van der Waals surface area contributed by atoms with Gasteiger partial charge in [-0.05, 0) is 36.6 Å². The van der Waals surface area contributed by atoms with E-state index in [9.17, 15) is 13.4 Å². The zero-order valence-corrected chi connectivity index (χ0v) is 16.1. The molecule has 0 unspecified atom stereocenters. The Balaban J connectivity index is 1.52. The number of hydrogen-bond donors (Lipinski definition) is 1. The van der Waals surface area contributed by atoms with Crippen LogP contribution in [0.5, 0.6) is 0 Å². The number of amides is 1. The number of aromatic nitrogens is 2. The standard InChI is InChI=1S/C20H24FN3O2S/c21-15-7-9-16(10-8-15)24-20(17-12-27(26)13-18(17)23-24)22-19(25)11-6-14-4-2-1-3-5-14/h7-10,14H,1-6,11-13H2,(H,22,25)/t27-/m1/s1. The predicted octanol–water partition coefficient (Wildman–Crippen LogP) is 4.07. The summed E-state index contributed by atoms with van der Waals surface area (Å²) in [5, 5.41) is 7.53. The number of benzene rings is 1. The largest absolute Gasteiger partial charge is 0.310 e. The lowest BCUT2D eigenvalue weighted by molar-refractivity contribution is -0.116. The Labute approximate surface area is 160 Å². The molecular formula is C20H24FN3O2S. The van der Waals surface area contributed by atoms with Gasteiger partial charge in [-0.15, -0.1) is 0 Å². The number of nitrogens with zero attached hydrogens (tertiary/aromatic N) is 2. The molecule has 1 aliphatic heterocycles. The van der Waals surface area contributed by atoms with Crippen molar-refractivity contribution < 1.29 is 13.4 Å². The highest BCUT2D eigenvalue weighted by Gasteiger charge is 2.28. The van der Waals surface area contributed by atoms with Gasteiger partial charge < -0.3 is 5.32 Å². The van der Waals surface area contributed by atoms with Gasteiger partial charge in [0.2, 0.25) is 5.91 Å². The van der Waals surface area contributed by atoms with Gasteiger partial charge in [-0.2, -0.15) is 5.10 Å². The number of carbonyl (C=O) groups excluding carboxylic acids is 1. The van der Waals surface area contributed by atoms with Crippen molar-refractivity contribution in [2.75, 3.05) is 5.32 Å². The number of rotatable bonds is 5. The summed E-state index contributed by atoms with van der Waals surface area (Å²) in [6.45, 7) is 0. The molecule has 0 radical (unpaired) electrons. The summed E-state index contributed by atoms with van der Waals surface area (Å²) >= 11 is 0. The van der Waals surface area contributed by atoms with Crippen molar-refractivity contribution in [1.82, 2.24) is 9.78 Å². The van der Waals surface area contributed by atoms with Crippen LogP contribution >= 0.6 is 0 Å². The van der Waals surface area contributed by atoms with Crippen molar-refractivity contribution in [3.8, 4) is 5.69 Å². The minimum Gasteiger partial charge on any atom is -0.310 e. The van der Waals surface area contributed by atoms with Crippen LogP contribution in [-0.4, -0.2) is 19.9 Å². The molecule has 1 aliphatic carbocycles. The minimum atomic E-state index is -0.976. The van der Waals surface area contributed by atoms with Crippen LogP contribution < -0.4 is 5.32 Å². The van der Waals surface area contributed by atoms with Crippen LogP contribution in [-0.2, 0) is 27.1 Å². The van der Waals surface area contributed by atoms with Gasteiger partial charge in [0.15, 0.2) is 0 Å². The first-order chi connectivity index (χ1) is 13.1. The second-order valence-corrected chi connectivity index (χ2v) is 8.94. The van der Waals surface area contributed by atoms with Gasteiger partial charge in [-0.25, -0.2) is 9.07 Å². The maximum atomic E-state index is 13.3. The van der Waals surface area contributed by atoms with Gasteiger partial charge in [0, 0.05) is 22.8 Å². The van der Waals surface area contributed by atoms with Gasteiger partial charge >= 0.3 is 0 Å². The summed E-state index contributed by atoms with van der Waals surface area (Å²) in [7, 11) is -0.976. The smallest absolute Gasteiger partial charge is 0.225 e. The molecule has 5 nitrogen and oxygen atoms in total. The third kappa shape index (κ3) is 4.13. The van der Waals surface area contributed by atoms with E-state index in [0.717, 1.165) is 17.7 Å². The second kappa shape index (κ2) is 7.92. The molecule has 1 N–H and O–H groups in total. The molecule has 1 aromatic heterocycles. The number of nitrogens with one attached hydrogen (secondary N) is 1. The van der Waals surface area contributed by atoms with Crippen molar-refractivity contribution in [2.45, 2.75) is 56.5 Å². The van der Waals surface area contributed by atoms with E-state index in [-0.39, 0.29) is 11.7 Å². The zero-order valence-electron chi connectivity index (χ0n) is 15.2. The van der Waals surface area contributed by atoms with Crippen molar-refractivity contribution >= 4 is 22.5 Å². The normalized spacial score (nSPS) is 19.8. The van der Waals surface area contributed by atoms with E-state index >= 15 is 0 Å². The lowest BCUT2D eigenvalue weighted by atomic mass is 9.86. The van der Waals surface area contributed by atoms with Gasteiger partial charge in [0.1, 0.15) is 11.6 Å². The molecule has 7 heteroatoms. The Morgan fingerprint density at radius 2 is 1.93 bits per heavy atom. The number of halogens is 1. The quantitative estimate of drug-likeness (QED) is 0.838. The van der Waals surface area contributed by atoms with Crippen molar-refractivity contribution in [1.29, 1.82) is 0 Å². The van der Waals surface area contributed by atoms with Crippen molar-refractivity contribution in [3.63, 3.8) is 0 Å². The summed E-state index contributed by atoms with van der Waals surface area (Å²) < 4.78 is 26.8. The zero-order chi connectivity index (χ0) is 18.8. The van der Waals surface area contributed by atoms with E-state index in [0.29, 0.717) is 35.3 Å². The van der Waals surface area contributed by atoms with Gasteiger partial charge in [-0.1, -0.05) is 32.1 Å². The first-order valence-corrected chi connectivity index (χ1v) is 11.1. The van der Waals surface area contributed by atoms with Crippen molar-refractivity contribution in [2.24, 2.45) is 5.92 Å². The number of hydrogen-bond acceptors (Lipinski definition) is 3. The molecule has 1 amide bonds. The lowest BCUT2D eigenvalue weighted by Crippen LogP contribution is -2.18. The average molecular weight is 389 g/mol. The molecule has 2 aromatic rings. The van der Waals surface area contributed by atoms with E-state index < -0.39 is 10.8 Å². The molecule has 2 aliphatic rings. The van der Waals surface area contributed by atoms with E-state index in [1.807, 2.05) is 0 Å². The van der Waals surface area contributed by atoms with E-state index in [4.69, 9.17) is 0 Å². The van der Waals surface area contributed by atoms with E-state index in [1.54, 1.807) is 16.8 Å². The summed E-state index contributed by atoms with van der Waals surface area (Å²) in [4.78, 5) is 12.6. The summed E-state index contributed by atoms with van der Waals surface area (Å²) in [6, 6.07) is 6.00. The molecule has 1 saturated carbocycles. The number of fused-ring (bicyclic) bond motifs is 1. The Morgan fingerprint density at radius 1 is 1.19 bits per heavy atom. The molecule has 2 heterocycles. The molecular weight excluding hydrogens is 365 g/mol. The Bertz CT molecular complexity index is 857. The minimum absolute atomic E-state index is 0.0377. The Kier molecular flexibility index (Phi) is 5.38. The molecule has 4 rings (SSSR count). The molecule has 1 atom stereocenters. The number of anilines is 1. The summed E-state index contributed by atoms with van der Waals surface area (Å²) in [5.41, 5.74) is 2.27. The van der Waals surface area contributed by atoms with Crippen LogP contribution in [0.3, 0.4) is 0 Å². The van der Waals surface area contributed by atoms with Crippen LogP contribution in [0.25, 0.3) is 5.69 Å². The highest BCUT2D eigenvalue weighted by molar-refractivity contribution is 7.83. The van der Waals surface area contributed by atoms with E-state index in [2.05, 4.69) is 10.4 Å². The van der Waals surface area contributed by atoms with Crippen molar-refractivity contribution in [3.05, 3.63) is 41.3 Å². The summed E-state index contributed by atoms with van der Waals surface area (Å²) in [5.74, 6) is 1.66. The topological polar surface area (TPSA) is 64.0 Å². The Hall–Kier alpha value is -2.02. The first-order valence-electron chi connectivity index (χ1n) is 9.61. The van der Waals surface area contributed by atoms with Crippen LogP contribution in [0.2, 0.25) is 0 Å². The lowest BCUT2D eigenvalue weighted by Gasteiger charge is -2.21. The molecule has 0 spiro atoms. The van der Waals surface area contributed by atoms with Crippen LogP contribution in [0, 0.1) is 11.7 Å². The van der Waals surface area contributed by atoms with Crippen LogP contribution in [0.1, 0.15) is 56.2 Å². The monoisotopic (exact) mass is 389 g/mol. The second-order valence-electron chi connectivity index (χ2n) is 7.48. The fourth-order valence-corrected chi connectivity index (χ4v) is 5.30. The molecule has 0 saturated heterocycles. The van der Waals surface area contributed by atoms with Crippen LogP contribution in [0.4, 0.5) is 10.2 Å². The van der Waals surface area contributed by atoms with Crippen LogP contribution in [0.15, 0.2) is 24.3 Å². The molecule has 1 aromatic carbocycles. The fourth-order valence-electron chi connectivity index (χ4n) is 4.03. The number of carbonyl (C=O) groups is 1. The fraction of sp³-hybridized carbons (Fsp3) is 0.500. The van der Waals surface area contributed by atoms with Gasteiger partial charge in [-0.3, -0.25) is 9.00 Å². The molecule has 27 heavy (non-hydrogen) atoms. The third-order valence-electron chi connectivity index (χ3n) is 5.50. The highest BCUT2D eigenvalue weighted by atomic mass is 32.2. The van der Waals surface area contributed by atoms with Gasteiger partial charge in [0.25, 0.3) is 0 Å². The predicted molar refractivity (Wildman–Crippen MR) is 104 cm³/mol. The average Bonchev–Trinajstić information content (AvgIpc) is 3.19. The Morgan fingerprint density at radius 3 is 2.67 bits per heavy atom. The molecule has 0 bridgehead atoms.